The van der Waals surface area contributed by atoms with Crippen LogP contribution >= 0.6 is 0 Å². The van der Waals surface area contributed by atoms with E-state index < -0.39 is 6.04 Å². The summed E-state index contributed by atoms with van der Waals surface area (Å²) in [5, 5.41) is 0. The van der Waals surface area contributed by atoms with Crippen molar-refractivity contribution >= 4 is 17.7 Å². The Hall–Kier alpha value is -1.39. The number of hydrogen-bond acceptors (Lipinski definition) is 5. The van der Waals surface area contributed by atoms with Gasteiger partial charge in [-0.15, -0.1) is 0 Å². The maximum atomic E-state index is 12.5. The van der Waals surface area contributed by atoms with Gasteiger partial charge < -0.3 is 9.47 Å². The molecule has 5 heteroatoms. The zero-order valence-electron chi connectivity index (χ0n) is 15.6. The predicted molar refractivity (Wildman–Crippen MR) is 90.7 cm³/mol. The standard InChI is InChI=1S/C19H29NO4/c1-10(2)23-13(21)9-11(3)14-17(22)24-15-12-7-8-19(6,16(15)20-14)18(12,4)5/h10-12,14-15H,7-9H2,1-6H3/t11?,12-,14-,15?,19+/m1/s1. The van der Waals surface area contributed by atoms with Gasteiger partial charge in [-0.25, -0.2) is 4.79 Å². The van der Waals surface area contributed by atoms with Crippen LogP contribution in [0.25, 0.3) is 0 Å². The Kier molecular flexibility index (Phi) is 4.04. The number of ether oxygens (including phenoxy) is 2. The van der Waals surface area contributed by atoms with Crippen LogP contribution in [0, 0.1) is 22.7 Å². The molecule has 2 bridgehead atoms. The first-order valence-electron chi connectivity index (χ1n) is 9.06. The van der Waals surface area contributed by atoms with E-state index in [4.69, 9.17) is 14.5 Å². The number of aliphatic imine (C=N–C) groups is 1. The van der Waals surface area contributed by atoms with Crippen molar-refractivity contribution in [2.75, 3.05) is 0 Å². The Balaban J connectivity index is 1.82. The topological polar surface area (TPSA) is 65.0 Å². The molecule has 3 aliphatic rings. The van der Waals surface area contributed by atoms with E-state index in [1.165, 1.54) is 0 Å². The van der Waals surface area contributed by atoms with E-state index in [0.29, 0.717) is 5.92 Å². The minimum absolute atomic E-state index is 0.0144. The lowest BCUT2D eigenvalue weighted by molar-refractivity contribution is -0.154. The SMILES string of the molecule is CC(C)OC(=O)CC(C)[C@H]1N=C2C(OC1=O)[C@H]1CC[C@]2(C)C1(C)C. The van der Waals surface area contributed by atoms with E-state index in [1.54, 1.807) is 0 Å². The summed E-state index contributed by atoms with van der Waals surface area (Å²) in [6.45, 7) is 12.3. The Morgan fingerprint density at radius 1 is 1.33 bits per heavy atom. The molecular formula is C19H29NO4. The van der Waals surface area contributed by atoms with Crippen LogP contribution in [0.3, 0.4) is 0 Å². The molecule has 3 rings (SSSR count). The number of carbonyl (C=O) groups excluding carboxylic acids is 2. The van der Waals surface area contributed by atoms with Gasteiger partial charge in [0, 0.05) is 11.3 Å². The Morgan fingerprint density at radius 2 is 2.00 bits per heavy atom. The van der Waals surface area contributed by atoms with Crippen molar-refractivity contribution in [1.29, 1.82) is 0 Å². The van der Waals surface area contributed by atoms with Crippen LogP contribution in [0.4, 0.5) is 0 Å². The normalized spacial score (nSPS) is 37.7. The average Bonchev–Trinajstić information content (AvgIpc) is 2.76. The molecule has 0 radical (unpaired) electrons. The van der Waals surface area contributed by atoms with E-state index in [9.17, 15) is 9.59 Å². The van der Waals surface area contributed by atoms with Gasteiger partial charge in [-0.1, -0.05) is 27.7 Å². The van der Waals surface area contributed by atoms with Gasteiger partial charge in [0.1, 0.15) is 6.10 Å². The summed E-state index contributed by atoms with van der Waals surface area (Å²) >= 11 is 0. The third-order valence-electron chi connectivity index (χ3n) is 6.66. The molecule has 1 heterocycles. The lowest BCUT2D eigenvalue weighted by Crippen LogP contribution is -2.46. The molecule has 134 valence electrons. The highest BCUT2D eigenvalue weighted by molar-refractivity contribution is 6.03. The lowest BCUT2D eigenvalue weighted by atomic mass is 9.70. The lowest BCUT2D eigenvalue weighted by Gasteiger charge is -2.37. The molecule has 2 fully saturated rings. The van der Waals surface area contributed by atoms with Gasteiger partial charge in [0.15, 0.2) is 6.04 Å². The molecule has 2 saturated carbocycles. The zero-order valence-corrected chi connectivity index (χ0v) is 15.6. The number of carbonyl (C=O) groups is 2. The summed E-state index contributed by atoms with van der Waals surface area (Å²) in [5.41, 5.74) is 1.11. The fourth-order valence-corrected chi connectivity index (χ4v) is 4.83. The molecule has 0 aromatic heterocycles. The van der Waals surface area contributed by atoms with Crippen molar-refractivity contribution < 1.29 is 19.1 Å². The molecule has 0 saturated heterocycles. The van der Waals surface area contributed by atoms with Gasteiger partial charge in [0.2, 0.25) is 0 Å². The number of hydrogen-bond donors (Lipinski definition) is 0. The second kappa shape index (κ2) is 5.57. The van der Waals surface area contributed by atoms with Gasteiger partial charge in [-0.05, 0) is 38.0 Å². The first-order valence-corrected chi connectivity index (χ1v) is 9.06. The summed E-state index contributed by atoms with van der Waals surface area (Å²) in [7, 11) is 0. The molecule has 5 nitrogen and oxygen atoms in total. The summed E-state index contributed by atoms with van der Waals surface area (Å²) in [4.78, 5) is 29.2. The fourth-order valence-electron chi connectivity index (χ4n) is 4.83. The average molecular weight is 335 g/mol. The van der Waals surface area contributed by atoms with Crippen molar-refractivity contribution in [3.8, 4) is 0 Å². The second-order valence-electron chi connectivity index (χ2n) is 8.74. The van der Waals surface area contributed by atoms with Crippen LogP contribution in [-0.4, -0.2) is 35.9 Å². The van der Waals surface area contributed by atoms with Crippen LogP contribution in [0.1, 0.15) is 60.8 Å². The molecule has 2 unspecified atom stereocenters. The number of esters is 2. The molecule has 0 amide bonds. The summed E-state index contributed by atoms with van der Waals surface area (Å²) in [5.74, 6) is -0.442. The largest absolute Gasteiger partial charge is 0.463 e. The molecule has 0 N–H and O–H groups in total. The molecule has 2 aliphatic carbocycles. The number of fused-ring (bicyclic) bond motifs is 5. The first-order chi connectivity index (χ1) is 11.1. The zero-order chi connectivity index (χ0) is 17.9. The Bertz CT molecular complexity index is 594. The minimum Gasteiger partial charge on any atom is -0.463 e. The van der Waals surface area contributed by atoms with Gasteiger partial charge >= 0.3 is 11.9 Å². The van der Waals surface area contributed by atoms with Crippen molar-refractivity contribution in [3.63, 3.8) is 0 Å². The first kappa shape index (κ1) is 17.4. The second-order valence-corrected chi connectivity index (χ2v) is 8.74. The van der Waals surface area contributed by atoms with Crippen LogP contribution in [0.2, 0.25) is 0 Å². The van der Waals surface area contributed by atoms with E-state index in [2.05, 4.69) is 20.8 Å². The molecule has 0 spiro atoms. The van der Waals surface area contributed by atoms with Crippen molar-refractivity contribution in [2.24, 2.45) is 27.7 Å². The van der Waals surface area contributed by atoms with Gasteiger partial charge in [0.05, 0.1) is 18.2 Å². The van der Waals surface area contributed by atoms with Gasteiger partial charge in [-0.3, -0.25) is 9.79 Å². The van der Waals surface area contributed by atoms with Gasteiger partial charge in [0.25, 0.3) is 0 Å². The maximum absolute atomic E-state index is 12.5. The third-order valence-corrected chi connectivity index (χ3v) is 6.66. The maximum Gasteiger partial charge on any atom is 0.331 e. The quantitative estimate of drug-likeness (QED) is 0.740. The minimum atomic E-state index is -0.595. The van der Waals surface area contributed by atoms with E-state index >= 15 is 0 Å². The van der Waals surface area contributed by atoms with Crippen LogP contribution in [0.15, 0.2) is 4.99 Å². The molecule has 1 aliphatic heterocycles. The summed E-state index contributed by atoms with van der Waals surface area (Å²) in [6.07, 6.45) is 2.04. The molecular weight excluding hydrogens is 306 g/mol. The number of nitrogens with zero attached hydrogens (tertiary/aromatic N) is 1. The highest BCUT2D eigenvalue weighted by Gasteiger charge is 2.67. The molecule has 0 aromatic rings. The third kappa shape index (κ3) is 2.39. The van der Waals surface area contributed by atoms with E-state index in [1.807, 2.05) is 20.8 Å². The van der Waals surface area contributed by atoms with E-state index in [-0.39, 0.29) is 47.3 Å². The monoisotopic (exact) mass is 335 g/mol. The molecule has 5 atom stereocenters. The summed E-state index contributed by atoms with van der Waals surface area (Å²) < 4.78 is 11.0. The highest BCUT2D eigenvalue weighted by atomic mass is 16.6. The molecule has 24 heavy (non-hydrogen) atoms. The fraction of sp³-hybridized carbons (Fsp3) is 0.842. The van der Waals surface area contributed by atoms with Crippen molar-refractivity contribution in [1.82, 2.24) is 0 Å². The van der Waals surface area contributed by atoms with Crippen LogP contribution in [-0.2, 0) is 19.1 Å². The summed E-state index contributed by atoms with van der Waals surface area (Å²) in [6, 6.07) is -0.595. The molecule has 0 aromatic carbocycles. The van der Waals surface area contributed by atoms with E-state index in [0.717, 1.165) is 18.6 Å². The Morgan fingerprint density at radius 3 is 2.62 bits per heavy atom. The Labute approximate surface area is 144 Å². The van der Waals surface area contributed by atoms with Crippen LogP contribution < -0.4 is 0 Å². The highest BCUT2D eigenvalue weighted by Crippen LogP contribution is 2.65. The predicted octanol–water partition coefficient (Wildman–Crippen LogP) is 3.16. The van der Waals surface area contributed by atoms with Crippen LogP contribution in [0.5, 0.6) is 0 Å². The number of rotatable bonds is 4. The smallest absolute Gasteiger partial charge is 0.331 e. The van der Waals surface area contributed by atoms with Crippen molar-refractivity contribution in [2.45, 2.75) is 79.1 Å². The van der Waals surface area contributed by atoms with Gasteiger partial charge in [-0.2, -0.15) is 0 Å². The van der Waals surface area contributed by atoms with Crippen molar-refractivity contribution in [3.05, 3.63) is 0 Å².